The maximum absolute atomic E-state index is 12.4. The molecule has 0 radical (unpaired) electrons. The summed E-state index contributed by atoms with van der Waals surface area (Å²) in [6.45, 7) is 6.58. The average Bonchev–Trinajstić information content (AvgIpc) is 2.48. The van der Waals surface area contributed by atoms with E-state index < -0.39 is 0 Å². The topological polar surface area (TPSA) is 55.6 Å². The molecule has 0 saturated carbocycles. The second-order valence-corrected chi connectivity index (χ2v) is 6.18. The van der Waals surface area contributed by atoms with E-state index in [4.69, 9.17) is 10.5 Å². The van der Waals surface area contributed by atoms with Gasteiger partial charge in [-0.3, -0.25) is 4.79 Å². The monoisotopic (exact) mass is 290 g/mol. The lowest BCUT2D eigenvalue weighted by molar-refractivity contribution is 0.0714. The molecule has 0 aromatic heterocycles. The fourth-order valence-electron chi connectivity index (χ4n) is 2.39. The molecule has 4 heteroatoms. The fraction of sp³-hybridized carbons (Fsp3) is 0.588. The summed E-state index contributed by atoms with van der Waals surface area (Å²) in [7, 11) is 0. The molecule has 1 amide bonds. The number of likely N-dealkylation sites (tertiary alicyclic amines) is 1. The Hall–Kier alpha value is -1.55. The summed E-state index contributed by atoms with van der Waals surface area (Å²) in [5.41, 5.74) is 6.59. The molecular weight excluding hydrogens is 264 g/mol. The van der Waals surface area contributed by atoms with Crippen LogP contribution in [0.15, 0.2) is 24.3 Å². The highest BCUT2D eigenvalue weighted by Crippen LogP contribution is 2.17. The molecular formula is C17H26N2O2. The molecule has 1 aromatic carbocycles. The van der Waals surface area contributed by atoms with E-state index in [9.17, 15) is 4.79 Å². The van der Waals surface area contributed by atoms with Crippen LogP contribution in [0.2, 0.25) is 0 Å². The molecule has 1 aliphatic rings. The summed E-state index contributed by atoms with van der Waals surface area (Å²) >= 11 is 0. The Bertz CT molecular complexity index is 448. The van der Waals surface area contributed by atoms with Gasteiger partial charge in [-0.1, -0.05) is 13.8 Å². The van der Waals surface area contributed by atoms with Crippen LogP contribution in [0.3, 0.4) is 0 Å². The molecule has 1 aromatic rings. The van der Waals surface area contributed by atoms with Crippen LogP contribution in [0.1, 0.15) is 43.5 Å². The minimum absolute atomic E-state index is 0.0932. The van der Waals surface area contributed by atoms with Crippen LogP contribution >= 0.6 is 0 Å². The minimum atomic E-state index is 0.0932. The van der Waals surface area contributed by atoms with Gasteiger partial charge < -0.3 is 15.4 Å². The van der Waals surface area contributed by atoms with Crippen molar-refractivity contribution in [2.75, 3.05) is 19.7 Å². The number of nitrogens with two attached hydrogens (primary N) is 1. The van der Waals surface area contributed by atoms with Crippen molar-refractivity contribution >= 4 is 5.91 Å². The highest BCUT2D eigenvalue weighted by molar-refractivity contribution is 5.94. The zero-order valence-corrected chi connectivity index (χ0v) is 13.0. The summed E-state index contributed by atoms with van der Waals surface area (Å²) in [6, 6.07) is 7.70. The maximum atomic E-state index is 12.4. The first-order valence-corrected chi connectivity index (χ1v) is 7.84. The number of amides is 1. The van der Waals surface area contributed by atoms with Gasteiger partial charge in [0.05, 0.1) is 6.61 Å². The fourth-order valence-corrected chi connectivity index (χ4v) is 2.39. The number of carbonyl (C=O) groups excluding carboxylic acids is 1. The highest BCUT2D eigenvalue weighted by Gasteiger charge is 2.21. The SMILES string of the molecule is CC(C)CCOc1ccc(C(=O)N2CCC(N)CC2)cc1. The van der Waals surface area contributed by atoms with Gasteiger partial charge in [0.15, 0.2) is 0 Å². The number of hydrogen-bond acceptors (Lipinski definition) is 3. The first-order chi connectivity index (χ1) is 10.1. The quantitative estimate of drug-likeness (QED) is 0.907. The molecule has 0 unspecified atom stereocenters. The van der Waals surface area contributed by atoms with Gasteiger partial charge in [0.2, 0.25) is 0 Å². The lowest BCUT2D eigenvalue weighted by Crippen LogP contribution is -2.42. The number of carbonyl (C=O) groups is 1. The third-order valence-corrected chi connectivity index (χ3v) is 3.89. The average molecular weight is 290 g/mol. The Kier molecular flexibility index (Phi) is 5.62. The van der Waals surface area contributed by atoms with E-state index in [2.05, 4.69) is 13.8 Å². The van der Waals surface area contributed by atoms with E-state index in [-0.39, 0.29) is 11.9 Å². The van der Waals surface area contributed by atoms with Crippen LogP contribution in [0.4, 0.5) is 0 Å². The number of hydrogen-bond donors (Lipinski definition) is 1. The molecule has 0 spiro atoms. The number of rotatable bonds is 5. The van der Waals surface area contributed by atoms with Crippen LogP contribution in [-0.2, 0) is 0 Å². The van der Waals surface area contributed by atoms with E-state index in [0.717, 1.165) is 50.3 Å². The van der Waals surface area contributed by atoms with Crippen LogP contribution in [0.25, 0.3) is 0 Å². The van der Waals surface area contributed by atoms with E-state index in [0.29, 0.717) is 5.92 Å². The van der Waals surface area contributed by atoms with Gasteiger partial charge in [-0.15, -0.1) is 0 Å². The zero-order chi connectivity index (χ0) is 15.2. The molecule has 116 valence electrons. The van der Waals surface area contributed by atoms with Crippen LogP contribution in [0, 0.1) is 5.92 Å². The van der Waals surface area contributed by atoms with E-state index in [1.165, 1.54) is 0 Å². The Balaban J connectivity index is 1.87. The standard InChI is InChI=1S/C17H26N2O2/c1-13(2)9-12-21-16-5-3-14(4-6-16)17(20)19-10-7-15(18)8-11-19/h3-6,13,15H,7-12,18H2,1-2H3. The third kappa shape index (κ3) is 4.74. The highest BCUT2D eigenvalue weighted by atomic mass is 16.5. The van der Waals surface area contributed by atoms with Crippen molar-refractivity contribution in [1.29, 1.82) is 0 Å². The van der Waals surface area contributed by atoms with Crippen molar-refractivity contribution in [2.24, 2.45) is 11.7 Å². The molecule has 1 fully saturated rings. The van der Waals surface area contributed by atoms with Gasteiger partial charge >= 0.3 is 0 Å². The molecule has 1 saturated heterocycles. The third-order valence-electron chi connectivity index (χ3n) is 3.89. The van der Waals surface area contributed by atoms with Crippen molar-refractivity contribution in [3.63, 3.8) is 0 Å². The second kappa shape index (κ2) is 7.46. The summed E-state index contributed by atoms with van der Waals surface area (Å²) in [5.74, 6) is 1.56. The molecule has 2 N–H and O–H groups in total. The maximum Gasteiger partial charge on any atom is 0.253 e. The number of ether oxygens (including phenoxy) is 1. The Morgan fingerprint density at radius 2 is 1.90 bits per heavy atom. The van der Waals surface area contributed by atoms with E-state index >= 15 is 0 Å². The van der Waals surface area contributed by atoms with Gasteiger partial charge in [0.25, 0.3) is 5.91 Å². The van der Waals surface area contributed by atoms with Gasteiger partial charge in [-0.25, -0.2) is 0 Å². The summed E-state index contributed by atoms with van der Waals surface area (Å²) < 4.78 is 5.67. The first kappa shape index (κ1) is 15.8. The summed E-state index contributed by atoms with van der Waals surface area (Å²) in [5, 5.41) is 0. The van der Waals surface area contributed by atoms with E-state index in [1.807, 2.05) is 29.2 Å². The smallest absolute Gasteiger partial charge is 0.253 e. The molecule has 0 atom stereocenters. The summed E-state index contributed by atoms with van der Waals surface area (Å²) in [6.07, 6.45) is 2.82. The Labute approximate surface area is 127 Å². The lowest BCUT2D eigenvalue weighted by Gasteiger charge is -2.30. The molecule has 0 aliphatic carbocycles. The van der Waals surface area contributed by atoms with Crippen LogP contribution < -0.4 is 10.5 Å². The zero-order valence-electron chi connectivity index (χ0n) is 13.0. The van der Waals surface area contributed by atoms with Gasteiger partial charge in [0.1, 0.15) is 5.75 Å². The summed E-state index contributed by atoms with van der Waals surface area (Å²) in [4.78, 5) is 14.3. The van der Waals surface area contributed by atoms with Crippen LogP contribution in [0.5, 0.6) is 5.75 Å². The lowest BCUT2D eigenvalue weighted by atomic mass is 10.0. The van der Waals surface area contributed by atoms with Crippen molar-refractivity contribution in [3.05, 3.63) is 29.8 Å². The van der Waals surface area contributed by atoms with Gasteiger partial charge in [-0.2, -0.15) is 0 Å². The predicted molar refractivity (Wildman–Crippen MR) is 84.5 cm³/mol. The van der Waals surface area contributed by atoms with Crippen molar-refractivity contribution in [1.82, 2.24) is 4.90 Å². The number of benzene rings is 1. The second-order valence-electron chi connectivity index (χ2n) is 6.18. The Morgan fingerprint density at radius 1 is 1.29 bits per heavy atom. The first-order valence-electron chi connectivity index (χ1n) is 7.84. The van der Waals surface area contributed by atoms with E-state index in [1.54, 1.807) is 0 Å². The van der Waals surface area contributed by atoms with Crippen LogP contribution in [-0.4, -0.2) is 36.5 Å². The van der Waals surface area contributed by atoms with Crippen molar-refractivity contribution < 1.29 is 9.53 Å². The van der Waals surface area contributed by atoms with Crippen molar-refractivity contribution in [2.45, 2.75) is 39.2 Å². The normalized spacial score (nSPS) is 16.3. The van der Waals surface area contributed by atoms with Gasteiger partial charge in [-0.05, 0) is 49.4 Å². The minimum Gasteiger partial charge on any atom is -0.494 e. The predicted octanol–water partition coefficient (Wildman–Crippen LogP) is 2.67. The van der Waals surface area contributed by atoms with Gasteiger partial charge in [0, 0.05) is 24.7 Å². The molecule has 4 nitrogen and oxygen atoms in total. The number of piperidine rings is 1. The molecule has 1 heterocycles. The Morgan fingerprint density at radius 3 is 2.48 bits per heavy atom. The largest absolute Gasteiger partial charge is 0.494 e. The van der Waals surface area contributed by atoms with Crippen molar-refractivity contribution in [3.8, 4) is 5.75 Å². The molecule has 0 bridgehead atoms. The molecule has 2 rings (SSSR count). The molecule has 21 heavy (non-hydrogen) atoms. The number of nitrogens with zero attached hydrogens (tertiary/aromatic N) is 1. The molecule has 1 aliphatic heterocycles.